The standard InChI is InChI=1S/C8H13F2NO2/c1-6(2)5(11)3-4-7(12,13)8(6,9)10/h11-13H,3-4H2,1-2H3. The van der Waals surface area contributed by atoms with Gasteiger partial charge in [0.1, 0.15) is 0 Å². The summed E-state index contributed by atoms with van der Waals surface area (Å²) in [6.07, 6.45) is -0.488. The predicted molar refractivity (Wildman–Crippen MR) is 42.9 cm³/mol. The summed E-state index contributed by atoms with van der Waals surface area (Å²) in [4.78, 5) is 0. The number of nitrogens with one attached hydrogen (secondary N) is 1. The van der Waals surface area contributed by atoms with E-state index in [0.29, 0.717) is 0 Å². The van der Waals surface area contributed by atoms with Gasteiger partial charge in [-0.15, -0.1) is 0 Å². The highest BCUT2D eigenvalue weighted by Crippen LogP contribution is 2.49. The first kappa shape index (κ1) is 10.5. The van der Waals surface area contributed by atoms with Crippen LogP contribution in [0.4, 0.5) is 8.78 Å². The average Bonchev–Trinajstić information content (AvgIpc) is 1.97. The minimum Gasteiger partial charge on any atom is -0.361 e. The van der Waals surface area contributed by atoms with Crippen LogP contribution in [0.15, 0.2) is 0 Å². The summed E-state index contributed by atoms with van der Waals surface area (Å²) in [6.45, 7) is 2.30. The van der Waals surface area contributed by atoms with Gasteiger partial charge in [-0.2, -0.15) is 8.78 Å². The minimum absolute atomic E-state index is 0.00438. The third-order valence-electron chi connectivity index (χ3n) is 2.77. The molecule has 0 amide bonds. The molecule has 0 aromatic carbocycles. The molecule has 0 unspecified atom stereocenters. The van der Waals surface area contributed by atoms with Crippen LogP contribution in [0.2, 0.25) is 0 Å². The van der Waals surface area contributed by atoms with Gasteiger partial charge in [0.2, 0.25) is 5.79 Å². The number of rotatable bonds is 0. The average molecular weight is 193 g/mol. The second kappa shape index (κ2) is 2.48. The van der Waals surface area contributed by atoms with E-state index in [2.05, 4.69) is 0 Å². The van der Waals surface area contributed by atoms with Crippen LogP contribution in [0.1, 0.15) is 26.7 Å². The zero-order valence-electron chi connectivity index (χ0n) is 7.56. The number of halogens is 2. The maximum atomic E-state index is 13.4. The summed E-state index contributed by atoms with van der Waals surface area (Å²) in [6, 6.07) is 0. The van der Waals surface area contributed by atoms with E-state index in [-0.39, 0.29) is 12.1 Å². The first-order chi connectivity index (χ1) is 5.63. The Kier molecular flexibility index (Phi) is 2.01. The van der Waals surface area contributed by atoms with Crippen LogP contribution in [-0.4, -0.2) is 27.6 Å². The Morgan fingerprint density at radius 2 is 1.77 bits per heavy atom. The molecule has 0 heterocycles. The van der Waals surface area contributed by atoms with Gasteiger partial charge in [0.05, 0.1) is 5.41 Å². The highest BCUT2D eigenvalue weighted by atomic mass is 19.3. The van der Waals surface area contributed by atoms with Gasteiger partial charge in [-0.05, 0) is 20.3 Å². The molecule has 0 bridgehead atoms. The fourth-order valence-corrected chi connectivity index (χ4v) is 1.46. The first-order valence-electron chi connectivity index (χ1n) is 4.03. The Labute approximate surface area is 74.9 Å². The van der Waals surface area contributed by atoms with Gasteiger partial charge in [0.25, 0.3) is 0 Å². The molecular formula is C8H13F2NO2. The predicted octanol–water partition coefficient (Wildman–Crippen LogP) is 1.14. The van der Waals surface area contributed by atoms with E-state index in [0.717, 1.165) is 13.8 Å². The third kappa shape index (κ3) is 1.18. The second-order valence-corrected chi connectivity index (χ2v) is 3.99. The van der Waals surface area contributed by atoms with Crippen molar-refractivity contribution >= 4 is 5.71 Å². The molecule has 3 N–H and O–H groups in total. The van der Waals surface area contributed by atoms with Gasteiger partial charge in [0, 0.05) is 12.1 Å². The maximum absolute atomic E-state index is 13.4. The molecular weight excluding hydrogens is 180 g/mol. The largest absolute Gasteiger partial charge is 0.361 e. The van der Waals surface area contributed by atoms with Gasteiger partial charge in [-0.3, -0.25) is 0 Å². The molecule has 0 aromatic rings. The molecule has 0 aliphatic heterocycles. The summed E-state index contributed by atoms with van der Waals surface area (Å²) in [5.74, 6) is -6.66. The van der Waals surface area contributed by atoms with Crippen LogP contribution < -0.4 is 0 Å². The van der Waals surface area contributed by atoms with Crippen molar-refractivity contribution in [1.82, 2.24) is 0 Å². The zero-order chi connectivity index (χ0) is 10.5. The molecule has 1 aliphatic rings. The van der Waals surface area contributed by atoms with Crippen LogP contribution in [0.3, 0.4) is 0 Å². The number of hydrogen-bond acceptors (Lipinski definition) is 3. The molecule has 1 fully saturated rings. The van der Waals surface area contributed by atoms with Crippen molar-refractivity contribution in [2.24, 2.45) is 5.41 Å². The van der Waals surface area contributed by atoms with Crippen molar-refractivity contribution in [3.8, 4) is 0 Å². The molecule has 0 saturated heterocycles. The van der Waals surface area contributed by atoms with Gasteiger partial charge in [-0.1, -0.05) is 0 Å². The van der Waals surface area contributed by atoms with Gasteiger partial charge in [0.15, 0.2) is 0 Å². The van der Waals surface area contributed by atoms with Crippen LogP contribution in [0.25, 0.3) is 0 Å². The molecule has 0 atom stereocenters. The lowest BCUT2D eigenvalue weighted by atomic mass is 9.69. The van der Waals surface area contributed by atoms with Gasteiger partial charge < -0.3 is 15.6 Å². The fourth-order valence-electron chi connectivity index (χ4n) is 1.46. The zero-order valence-corrected chi connectivity index (χ0v) is 7.56. The lowest BCUT2D eigenvalue weighted by molar-refractivity contribution is -0.328. The van der Waals surface area contributed by atoms with Crippen molar-refractivity contribution in [1.29, 1.82) is 5.41 Å². The second-order valence-electron chi connectivity index (χ2n) is 3.99. The van der Waals surface area contributed by atoms with E-state index < -0.39 is 23.5 Å². The Balaban J connectivity index is 3.14. The van der Waals surface area contributed by atoms with E-state index in [1.165, 1.54) is 0 Å². The van der Waals surface area contributed by atoms with Gasteiger partial charge >= 0.3 is 5.92 Å². The van der Waals surface area contributed by atoms with Crippen molar-refractivity contribution in [3.63, 3.8) is 0 Å². The van der Waals surface area contributed by atoms with Crippen LogP contribution in [-0.2, 0) is 0 Å². The van der Waals surface area contributed by atoms with E-state index in [1.807, 2.05) is 0 Å². The number of aliphatic hydroxyl groups is 2. The summed E-state index contributed by atoms with van der Waals surface area (Å²) in [5, 5.41) is 25.5. The molecule has 0 radical (unpaired) electrons. The topological polar surface area (TPSA) is 64.3 Å². The Morgan fingerprint density at radius 3 is 2.15 bits per heavy atom. The van der Waals surface area contributed by atoms with Crippen LogP contribution in [0, 0.1) is 10.8 Å². The normalized spacial score (nSPS) is 30.2. The molecule has 76 valence electrons. The number of hydrogen-bond donors (Lipinski definition) is 3. The quantitative estimate of drug-likeness (QED) is 0.505. The highest BCUT2D eigenvalue weighted by molar-refractivity contribution is 5.89. The number of alkyl halides is 2. The van der Waals surface area contributed by atoms with Crippen molar-refractivity contribution in [2.45, 2.75) is 38.4 Å². The minimum atomic E-state index is -3.67. The van der Waals surface area contributed by atoms with E-state index in [1.54, 1.807) is 0 Å². The smallest absolute Gasteiger partial charge is 0.310 e. The lowest BCUT2D eigenvalue weighted by Gasteiger charge is -2.46. The summed E-state index contributed by atoms with van der Waals surface area (Å²) < 4.78 is 26.7. The molecule has 1 saturated carbocycles. The van der Waals surface area contributed by atoms with Crippen molar-refractivity contribution in [2.75, 3.05) is 0 Å². The molecule has 5 heteroatoms. The molecule has 13 heavy (non-hydrogen) atoms. The van der Waals surface area contributed by atoms with Crippen LogP contribution >= 0.6 is 0 Å². The third-order valence-corrected chi connectivity index (χ3v) is 2.77. The Hall–Kier alpha value is -0.550. The molecule has 0 aromatic heterocycles. The molecule has 0 spiro atoms. The summed E-state index contributed by atoms with van der Waals surface area (Å²) >= 11 is 0. The fraction of sp³-hybridized carbons (Fsp3) is 0.875. The molecule has 1 aliphatic carbocycles. The van der Waals surface area contributed by atoms with E-state index in [9.17, 15) is 8.78 Å². The Bertz CT molecular complexity index is 249. The SMILES string of the molecule is CC1(C)C(=N)CCC(O)(O)C1(F)F. The van der Waals surface area contributed by atoms with E-state index >= 15 is 0 Å². The van der Waals surface area contributed by atoms with Crippen molar-refractivity contribution < 1.29 is 19.0 Å². The summed E-state index contributed by atoms with van der Waals surface area (Å²) in [7, 11) is 0. The first-order valence-corrected chi connectivity index (χ1v) is 4.03. The lowest BCUT2D eigenvalue weighted by Crippen LogP contribution is -2.62. The maximum Gasteiger partial charge on any atom is 0.310 e. The molecule has 1 rings (SSSR count). The van der Waals surface area contributed by atoms with E-state index in [4.69, 9.17) is 15.6 Å². The van der Waals surface area contributed by atoms with Gasteiger partial charge in [-0.25, -0.2) is 0 Å². The Morgan fingerprint density at radius 1 is 1.31 bits per heavy atom. The monoisotopic (exact) mass is 193 g/mol. The van der Waals surface area contributed by atoms with Crippen LogP contribution in [0.5, 0.6) is 0 Å². The summed E-state index contributed by atoms with van der Waals surface area (Å²) in [5.41, 5.74) is -1.93. The van der Waals surface area contributed by atoms with Crippen molar-refractivity contribution in [3.05, 3.63) is 0 Å². The highest BCUT2D eigenvalue weighted by Gasteiger charge is 2.65. The molecule has 3 nitrogen and oxygen atoms in total.